The van der Waals surface area contributed by atoms with Crippen LogP contribution < -0.4 is 9.80 Å². The first-order valence-electron chi connectivity index (χ1n) is 8.49. The monoisotopic (exact) mass is 403 g/mol. The zero-order chi connectivity index (χ0) is 20.4. The maximum atomic E-state index is 12.9. The minimum Gasteiger partial charge on any atom is -0.465 e. The zero-order valence-electron chi connectivity index (χ0n) is 15.0. The van der Waals surface area contributed by atoms with Crippen molar-refractivity contribution in [2.24, 2.45) is 0 Å². The molecule has 28 heavy (non-hydrogen) atoms. The Labute approximate surface area is 166 Å². The van der Waals surface area contributed by atoms with E-state index < -0.39 is 12.2 Å². The molecular weight excluding hydrogens is 386 g/mol. The molecule has 0 unspecified atom stereocenters. The van der Waals surface area contributed by atoms with Crippen molar-refractivity contribution in [3.63, 3.8) is 0 Å². The van der Waals surface area contributed by atoms with Gasteiger partial charge in [0.15, 0.2) is 0 Å². The van der Waals surface area contributed by atoms with E-state index in [1.807, 2.05) is 29.2 Å². The number of para-hydroxylation sites is 2. The van der Waals surface area contributed by atoms with E-state index in [0.29, 0.717) is 33.4 Å². The van der Waals surface area contributed by atoms with Crippen molar-refractivity contribution in [2.45, 2.75) is 6.42 Å². The third-order valence-corrected chi connectivity index (χ3v) is 4.78. The van der Waals surface area contributed by atoms with Gasteiger partial charge in [0.05, 0.1) is 22.6 Å². The number of hydrogen-bond donors (Lipinski definition) is 2. The maximum absolute atomic E-state index is 12.9. The molecule has 2 N–H and O–H groups in total. The Morgan fingerprint density at radius 1 is 1.04 bits per heavy atom. The fraction of sp³-hybridized carbons (Fsp3) is 0.211. The Kier molecular flexibility index (Phi) is 5.41. The number of rotatable bonds is 4. The zero-order valence-corrected chi connectivity index (χ0v) is 15.8. The summed E-state index contributed by atoms with van der Waals surface area (Å²) >= 11 is 6.16. The number of nitrogens with zero attached hydrogens (tertiary/aromatic N) is 3. The maximum Gasteiger partial charge on any atom is 0.416 e. The molecule has 1 heterocycles. The molecule has 0 fully saturated rings. The Bertz CT molecular complexity index is 935. The van der Waals surface area contributed by atoms with E-state index in [9.17, 15) is 14.4 Å². The van der Waals surface area contributed by atoms with E-state index in [0.717, 1.165) is 5.69 Å². The standard InChI is InChI=1S/C19H18ClN3O5/c1-21-14-5-2-3-6-15(14)22(9-4-10-23(18(25)26)19(27)28)16-11-12(20)7-8-13(16)17(21)24/h2-3,5-8,11H,4,9-10H2,1H3,(H,25,26)(H,27,28). The lowest BCUT2D eigenvalue weighted by molar-refractivity contribution is 0.0993. The van der Waals surface area contributed by atoms with Crippen molar-refractivity contribution >= 4 is 46.8 Å². The van der Waals surface area contributed by atoms with Crippen molar-refractivity contribution in [2.75, 3.05) is 29.9 Å². The molecule has 0 aliphatic carbocycles. The number of amides is 3. The molecule has 1 aliphatic rings. The quantitative estimate of drug-likeness (QED) is 0.796. The van der Waals surface area contributed by atoms with Crippen LogP contribution in [0.25, 0.3) is 0 Å². The van der Waals surface area contributed by atoms with Crippen molar-refractivity contribution < 1.29 is 24.6 Å². The molecule has 2 aromatic carbocycles. The number of hydrogen-bond acceptors (Lipinski definition) is 4. The molecule has 3 rings (SSSR count). The van der Waals surface area contributed by atoms with Gasteiger partial charge in [-0.3, -0.25) is 4.79 Å². The largest absolute Gasteiger partial charge is 0.465 e. The van der Waals surface area contributed by atoms with Crippen LogP contribution in [-0.2, 0) is 0 Å². The predicted octanol–water partition coefficient (Wildman–Crippen LogP) is 4.12. The minimum atomic E-state index is -1.53. The van der Waals surface area contributed by atoms with E-state index in [2.05, 4.69) is 0 Å². The topological polar surface area (TPSA) is 101 Å². The average molecular weight is 404 g/mol. The molecule has 0 spiro atoms. The first-order valence-corrected chi connectivity index (χ1v) is 8.86. The van der Waals surface area contributed by atoms with Gasteiger partial charge in [0.25, 0.3) is 5.91 Å². The lowest BCUT2D eigenvalue weighted by Crippen LogP contribution is -2.36. The van der Waals surface area contributed by atoms with Crippen molar-refractivity contribution in [1.29, 1.82) is 0 Å². The summed E-state index contributed by atoms with van der Waals surface area (Å²) in [5.41, 5.74) is 2.48. The number of fused-ring (bicyclic) bond motifs is 2. The summed E-state index contributed by atoms with van der Waals surface area (Å²) in [6.07, 6.45) is -2.82. The fourth-order valence-electron chi connectivity index (χ4n) is 3.21. The Hall–Kier alpha value is -3.26. The number of halogens is 1. The molecule has 8 nitrogen and oxygen atoms in total. The van der Waals surface area contributed by atoms with Gasteiger partial charge in [-0.1, -0.05) is 23.7 Å². The van der Waals surface area contributed by atoms with Crippen LogP contribution in [0.1, 0.15) is 16.8 Å². The molecular formula is C19H18ClN3O5. The summed E-state index contributed by atoms with van der Waals surface area (Å²) in [5.74, 6) is -0.195. The van der Waals surface area contributed by atoms with Crippen molar-refractivity contribution in [3.05, 3.63) is 53.1 Å². The number of imide groups is 1. The molecule has 0 saturated carbocycles. The summed E-state index contributed by atoms with van der Waals surface area (Å²) in [4.78, 5) is 38.8. The number of carbonyl (C=O) groups excluding carboxylic acids is 1. The average Bonchev–Trinajstić information content (AvgIpc) is 2.73. The Balaban J connectivity index is 2.00. The predicted molar refractivity (Wildman–Crippen MR) is 105 cm³/mol. The van der Waals surface area contributed by atoms with Crippen LogP contribution in [-0.4, -0.2) is 53.3 Å². The highest BCUT2D eigenvalue weighted by Crippen LogP contribution is 2.41. The number of benzene rings is 2. The van der Waals surface area contributed by atoms with E-state index in [4.69, 9.17) is 21.8 Å². The van der Waals surface area contributed by atoms with E-state index in [1.54, 1.807) is 30.1 Å². The second kappa shape index (κ2) is 7.77. The second-order valence-corrected chi connectivity index (χ2v) is 6.67. The van der Waals surface area contributed by atoms with Crippen LogP contribution in [0.5, 0.6) is 0 Å². The minimum absolute atomic E-state index is 0.191. The van der Waals surface area contributed by atoms with Gasteiger partial charge in [-0.25, -0.2) is 14.5 Å². The van der Waals surface area contributed by atoms with Gasteiger partial charge in [0.1, 0.15) is 0 Å². The molecule has 0 atom stereocenters. The van der Waals surface area contributed by atoms with Crippen LogP contribution in [0.2, 0.25) is 5.02 Å². The molecule has 0 aromatic heterocycles. The third kappa shape index (κ3) is 3.59. The number of anilines is 3. The van der Waals surface area contributed by atoms with E-state index >= 15 is 0 Å². The SMILES string of the molecule is CN1C(=O)c2ccc(Cl)cc2N(CCCN(C(=O)O)C(=O)O)c2ccccc21. The smallest absolute Gasteiger partial charge is 0.416 e. The Morgan fingerprint density at radius 2 is 1.68 bits per heavy atom. The van der Waals surface area contributed by atoms with Crippen LogP contribution in [0.3, 0.4) is 0 Å². The molecule has 1 aliphatic heterocycles. The summed E-state index contributed by atoms with van der Waals surface area (Å²) in [6, 6.07) is 12.3. The second-order valence-electron chi connectivity index (χ2n) is 6.24. The molecule has 146 valence electrons. The molecule has 0 radical (unpaired) electrons. The first-order chi connectivity index (χ1) is 13.3. The molecule has 0 bridgehead atoms. The van der Waals surface area contributed by atoms with Crippen LogP contribution in [0, 0.1) is 0 Å². The lowest BCUT2D eigenvalue weighted by Gasteiger charge is -2.27. The molecule has 0 saturated heterocycles. The fourth-order valence-corrected chi connectivity index (χ4v) is 3.37. The van der Waals surface area contributed by atoms with Gasteiger partial charge in [0, 0.05) is 25.2 Å². The molecule has 9 heteroatoms. The van der Waals surface area contributed by atoms with Crippen molar-refractivity contribution in [3.8, 4) is 0 Å². The van der Waals surface area contributed by atoms with Crippen molar-refractivity contribution in [1.82, 2.24) is 4.90 Å². The first kappa shape index (κ1) is 19.5. The normalized spacial score (nSPS) is 12.9. The lowest BCUT2D eigenvalue weighted by atomic mass is 10.1. The van der Waals surface area contributed by atoms with Crippen LogP contribution in [0.4, 0.5) is 26.7 Å². The summed E-state index contributed by atoms with van der Waals surface area (Å²) in [6.45, 7) is 0.103. The van der Waals surface area contributed by atoms with E-state index in [-0.39, 0.29) is 18.9 Å². The highest BCUT2D eigenvalue weighted by atomic mass is 35.5. The summed E-state index contributed by atoms with van der Waals surface area (Å²) in [5, 5.41) is 18.5. The van der Waals surface area contributed by atoms with E-state index in [1.165, 1.54) is 0 Å². The van der Waals surface area contributed by atoms with Gasteiger partial charge in [0.2, 0.25) is 0 Å². The Morgan fingerprint density at radius 3 is 2.32 bits per heavy atom. The van der Waals surface area contributed by atoms with Crippen LogP contribution >= 0.6 is 11.6 Å². The van der Waals surface area contributed by atoms with Gasteiger partial charge in [-0.15, -0.1) is 0 Å². The number of carboxylic acid groups (broad SMARTS) is 2. The molecule has 2 aromatic rings. The van der Waals surface area contributed by atoms with Gasteiger partial charge >= 0.3 is 12.2 Å². The highest BCUT2D eigenvalue weighted by Gasteiger charge is 2.29. The van der Waals surface area contributed by atoms with Gasteiger partial charge in [-0.2, -0.15) is 0 Å². The van der Waals surface area contributed by atoms with Gasteiger partial charge in [-0.05, 0) is 36.8 Å². The highest BCUT2D eigenvalue weighted by molar-refractivity contribution is 6.31. The summed E-state index contributed by atoms with van der Waals surface area (Å²) in [7, 11) is 1.68. The number of carbonyl (C=O) groups is 3. The summed E-state index contributed by atoms with van der Waals surface area (Å²) < 4.78 is 0. The molecule has 3 amide bonds. The van der Waals surface area contributed by atoms with Gasteiger partial charge < -0.3 is 20.0 Å². The van der Waals surface area contributed by atoms with Crippen LogP contribution in [0.15, 0.2) is 42.5 Å². The third-order valence-electron chi connectivity index (χ3n) is 4.54.